The lowest BCUT2D eigenvalue weighted by molar-refractivity contribution is 0.324. The minimum Gasteiger partial charge on any atom is -0.492 e. The largest absolute Gasteiger partial charge is 0.492 e. The van der Waals surface area contributed by atoms with Crippen LogP contribution in [-0.4, -0.2) is 25.5 Å². The summed E-state index contributed by atoms with van der Waals surface area (Å²) in [5.74, 6) is 1.08. The fourth-order valence-corrected chi connectivity index (χ4v) is 2.05. The molecule has 0 spiro atoms. The Kier molecular flexibility index (Phi) is 5.64. The van der Waals surface area contributed by atoms with Crippen LogP contribution in [0.4, 0.5) is 5.69 Å². The van der Waals surface area contributed by atoms with Crippen molar-refractivity contribution in [2.75, 3.05) is 24.6 Å². The molecule has 21 heavy (non-hydrogen) atoms. The highest BCUT2D eigenvalue weighted by Crippen LogP contribution is 2.14. The van der Waals surface area contributed by atoms with Gasteiger partial charge in [0.15, 0.2) is 0 Å². The van der Waals surface area contributed by atoms with Gasteiger partial charge < -0.3 is 15.4 Å². The second-order valence-corrected chi connectivity index (χ2v) is 4.76. The number of nitrogens with two attached hydrogens (primary N) is 1. The molecule has 0 aromatic heterocycles. The third kappa shape index (κ3) is 5.18. The molecule has 0 atom stereocenters. The van der Waals surface area contributed by atoms with Crippen molar-refractivity contribution >= 4 is 11.5 Å². The summed E-state index contributed by atoms with van der Waals surface area (Å²) in [5.41, 5.74) is 6.58. The summed E-state index contributed by atoms with van der Waals surface area (Å²) in [5, 5.41) is 7.38. The lowest BCUT2D eigenvalue weighted by atomic mass is 10.2. The maximum Gasteiger partial charge on any atom is 0.119 e. The molecule has 4 nitrogen and oxygen atoms in total. The Morgan fingerprint density at radius 2 is 1.57 bits per heavy atom. The van der Waals surface area contributed by atoms with E-state index in [1.165, 1.54) is 0 Å². The average molecular weight is 283 g/mol. The molecule has 2 rings (SSSR count). The Hall–Kier alpha value is -2.49. The summed E-state index contributed by atoms with van der Waals surface area (Å²) in [4.78, 5) is 2.18. The zero-order chi connectivity index (χ0) is 14.9. The molecule has 2 aromatic carbocycles. The number of anilines is 1. The van der Waals surface area contributed by atoms with E-state index in [9.17, 15) is 0 Å². The molecule has 0 saturated carbocycles. The van der Waals surface area contributed by atoms with Crippen LogP contribution in [0.3, 0.4) is 0 Å². The SMILES string of the molecule is N=C(N)CCN(CCOc1ccccc1)c1ccccc1. The van der Waals surface area contributed by atoms with Crippen LogP contribution in [0.5, 0.6) is 5.75 Å². The predicted molar refractivity (Wildman–Crippen MR) is 87.1 cm³/mol. The lowest BCUT2D eigenvalue weighted by Crippen LogP contribution is -2.31. The number of amidine groups is 1. The summed E-state index contributed by atoms with van der Waals surface area (Å²) < 4.78 is 5.74. The third-order valence-electron chi connectivity index (χ3n) is 3.15. The summed E-state index contributed by atoms with van der Waals surface area (Å²) in [6.07, 6.45) is 0.556. The molecular formula is C17H21N3O. The van der Waals surface area contributed by atoms with Gasteiger partial charge in [-0.05, 0) is 24.3 Å². The lowest BCUT2D eigenvalue weighted by Gasteiger charge is -2.24. The van der Waals surface area contributed by atoms with E-state index in [0.717, 1.165) is 24.5 Å². The van der Waals surface area contributed by atoms with Gasteiger partial charge in [0, 0.05) is 18.7 Å². The molecule has 0 aliphatic carbocycles. The van der Waals surface area contributed by atoms with Crippen molar-refractivity contribution in [2.45, 2.75) is 6.42 Å². The number of para-hydroxylation sites is 2. The first kappa shape index (κ1) is 14.9. The van der Waals surface area contributed by atoms with Gasteiger partial charge >= 0.3 is 0 Å². The van der Waals surface area contributed by atoms with Crippen LogP contribution in [0.2, 0.25) is 0 Å². The molecule has 0 unspecified atom stereocenters. The highest BCUT2D eigenvalue weighted by atomic mass is 16.5. The molecule has 0 amide bonds. The molecule has 4 heteroatoms. The van der Waals surface area contributed by atoms with E-state index >= 15 is 0 Å². The summed E-state index contributed by atoms with van der Waals surface area (Å²) >= 11 is 0. The van der Waals surface area contributed by atoms with Crippen LogP contribution in [0.1, 0.15) is 6.42 Å². The number of hydrogen-bond acceptors (Lipinski definition) is 3. The van der Waals surface area contributed by atoms with Gasteiger partial charge in [-0.2, -0.15) is 0 Å². The van der Waals surface area contributed by atoms with E-state index in [1.807, 2.05) is 48.5 Å². The van der Waals surface area contributed by atoms with Crippen molar-refractivity contribution in [3.8, 4) is 5.75 Å². The molecular weight excluding hydrogens is 262 g/mol. The van der Waals surface area contributed by atoms with Crippen LogP contribution in [0, 0.1) is 5.41 Å². The molecule has 3 N–H and O–H groups in total. The maximum atomic E-state index is 7.38. The van der Waals surface area contributed by atoms with E-state index in [2.05, 4.69) is 17.0 Å². The minimum absolute atomic E-state index is 0.208. The first-order valence-electron chi connectivity index (χ1n) is 7.06. The van der Waals surface area contributed by atoms with Crippen LogP contribution in [-0.2, 0) is 0 Å². The Balaban J connectivity index is 1.91. The number of nitrogens with one attached hydrogen (secondary N) is 1. The van der Waals surface area contributed by atoms with Crippen molar-refractivity contribution in [1.29, 1.82) is 5.41 Å². The quantitative estimate of drug-likeness (QED) is 0.578. The van der Waals surface area contributed by atoms with Gasteiger partial charge in [-0.25, -0.2) is 0 Å². The van der Waals surface area contributed by atoms with E-state index in [1.54, 1.807) is 0 Å². The summed E-state index contributed by atoms with van der Waals surface area (Å²) in [6, 6.07) is 19.9. The van der Waals surface area contributed by atoms with Crippen molar-refractivity contribution in [3.05, 3.63) is 60.7 Å². The molecule has 110 valence electrons. The molecule has 0 aliphatic heterocycles. The molecule has 0 bridgehead atoms. The number of ether oxygens (including phenoxy) is 1. The molecule has 2 aromatic rings. The second kappa shape index (κ2) is 7.94. The maximum absolute atomic E-state index is 7.38. The van der Waals surface area contributed by atoms with Crippen molar-refractivity contribution < 1.29 is 4.74 Å². The Labute approximate surface area is 125 Å². The van der Waals surface area contributed by atoms with Crippen molar-refractivity contribution in [2.24, 2.45) is 5.73 Å². The van der Waals surface area contributed by atoms with E-state index in [0.29, 0.717) is 13.0 Å². The molecule has 0 aliphatic rings. The number of rotatable bonds is 8. The van der Waals surface area contributed by atoms with Gasteiger partial charge in [0.2, 0.25) is 0 Å². The van der Waals surface area contributed by atoms with E-state index < -0.39 is 0 Å². The summed E-state index contributed by atoms with van der Waals surface area (Å²) in [6.45, 7) is 2.07. The second-order valence-electron chi connectivity index (χ2n) is 4.76. The number of benzene rings is 2. The van der Waals surface area contributed by atoms with Crippen LogP contribution in [0.15, 0.2) is 60.7 Å². The minimum atomic E-state index is 0.208. The van der Waals surface area contributed by atoms with Crippen LogP contribution in [0.25, 0.3) is 0 Å². The van der Waals surface area contributed by atoms with Gasteiger partial charge in [-0.15, -0.1) is 0 Å². The highest BCUT2D eigenvalue weighted by molar-refractivity contribution is 5.77. The highest BCUT2D eigenvalue weighted by Gasteiger charge is 2.07. The third-order valence-corrected chi connectivity index (χ3v) is 3.15. The Morgan fingerprint density at radius 1 is 0.952 bits per heavy atom. The normalized spacial score (nSPS) is 10.1. The topological polar surface area (TPSA) is 62.3 Å². The van der Waals surface area contributed by atoms with Crippen LogP contribution >= 0.6 is 0 Å². The molecule has 0 saturated heterocycles. The first-order chi connectivity index (χ1) is 10.3. The number of nitrogens with zero attached hydrogens (tertiary/aromatic N) is 1. The molecule has 0 radical (unpaired) electrons. The Morgan fingerprint density at radius 3 is 2.19 bits per heavy atom. The van der Waals surface area contributed by atoms with Crippen molar-refractivity contribution in [1.82, 2.24) is 0 Å². The zero-order valence-electron chi connectivity index (χ0n) is 12.0. The van der Waals surface area contributed by atoms with Gasteiger partial charge in [0.05, 0.1) is 12.4 Å². The van der Waals surface area contributed by atoms with Gasteiger partial charge in [0.1, 0.15) is 12.4 Å². The smallest absolute Gasteiger partial charge is 0.119 e. The van der Waals surface area contributed by atoms with E-state index in [4.69, 9.17) is 15.9 Å². The summed E-state index contributed by atoms with van der Waals surface area (Å²) in [7, 11) is 0. The van der Waals surface area contributed by atoms with Gasteiger partial charge in [-0.3, -0.25) is 5.41 Å². The van der Waals surface area contributed by atoms with Gasteiger partial charge in [-0.1, -0.05) is 36.4 Å². The average Bonchev–Trinajstić information content (AvgIpc) is 2.52. The molecule has 0 heterocycles. The molecule has 0 fully saturated rings. The zero-order valence-corrected chi connectivity index (χ0v) is 12.0. The standard InChI is InChI=1S/C17H21N3O/c18-17(19)11-12-20(15-7-3-1-4-8-15)13-14-21-16-9-5-2-6-10-16/h1-10H,11-14H2,(H3,18,19). The van der Waals surface area contributed by atoms with Gasteiger partial charge in [0.25, 0.3) is 0 Å². The number of hydrogen-bond donors (Lipinski definition) is 2. The van der Waals surface area contributed by atoms with Crippen LogP contribution < -0.4 is 15.4 Å². The van der Waals surface area contributed by atoms with Crippen molar-refractivity contribution in [3.63, 3.8) is 0 Å². The fraction of sp³-hybridized carbons (Fsp3) is 0.235. The first-order valence-corrected chi connectivity index (χ1v) is 7.06. The Bertz CT molecular complexity index is 542. The monoisotopic (exact) mass is 283 g/mol. The van der Waals surface area contributed by atoms with E-state index in [-0.39, 0.29) is 5.84 Å². The predicted octanol–water partition coefficient (Wildman–Crippen LogP) is 2.90. The fourth-order valence-electron chi connectivity index (χ4n) is 2.05.